The van der Waals surface area contributed by atoms with Crippen molar-refractivity contribution in [2.24, 2.45) is 0 Å². The SMILES string of the molecule is CCc1ccc(C(=O)OC)cc1S(=O)(=O)Cl. The van der Waals surface area contributed by atoms with Crippen LogP contribution in [0.25, 0.3) is 0 Å². The highest BCUT2D eigenvalue weighted by Gasteiger charge is 2.17. The first-order valence-electron chi connectivity index (χ1n) is 4.56. The third kappa shape index (κ3) is 2.74. The molecule has 0 atom stereocenters. The van der Waals surface area contributed by atoms with Crippen LogP contribution in [-0.4, -0.2) is 21.5 Å². The van der Waals surface area contributed by atoms with Crippen LogP contribution >= 0.6 is 10.7 Å². The fourth-order valence-corrected chi connectivity index (χ4v) is 2.54. The van der Waals surface area contributed by atoms with E-state index in [0.29, 0.717) is 12.0 Å². The summed E-state index contributed by atoms with van der Waals surface area (Å²) in [7, 11) is 2.66. The van der Waals surface area contributed by atoms with E-state index in [2.05, 4.69) is 4.74 Å². The number of halogens is 1. The van der Waals surface area contributed by atoms with Crippen molar-refractivity contribution >= 4 is 25.7 Å². The monoisotopic (exact) mass is 262 g/mol. The fourth-order valence-electron chi connectivity index (χ4n) is 1.32. The average Bonchev–Trinajstić information content (AvgIpc) is 2.26. The van der Waals surface area contributed by atoms with Gasteiger partial charge in [0.2, 0.25) is 0 Å². The molecule has 0 radical (unpaired) electrons. The van der Waals surface area contributed by atoms with Crippen LogP contribution < -0.4 is 0 Å². The molecule has 0 amide bonds. The molecular weight excluding hydrogens is 252 g/mol. The van der Waals surface area contributed by atoms with Gasteiger partial charge in [0.05, 0.1) is 17.6 Å². The van der Waals surface area contributed by atoms with Crippen LogP contribution in [0.5, 0.6) is 0 Å². The van der Waals surface area contributed by atoms with E-state index in [-0.39, 0.29) is 10.5 Å². The van der Waals surface area contributed by atoms with Crippen molar-refractivity contribution in [2.45, 2.75) is 18.2 Å². The summed E-state index contributed by atoms with van der Waals surface area (Å²) < 4.78 is 27.1. The van der Waals surface area contributed by atoms with Crippen molar-refractivity contribution in [3.05, 3.63) is 29.3 Å². The number of hydrogen-bond donors (Lipinski definition) is 0. The Labute approximate surface area is 98.6 Å². The normalized spacial score (nSPS) is 11.2. The first-order chi connectivity index (χ1) is 7.40. The highest BCUT2D eigenvalue weighted by atomic mass is 35.7. The molecule has 1 aromatic carbocycles. The molecule has 0 N–H and O–H groups in total. The van der Waals surface area contributed by atoms with Gasteiger partial charge in [-0.3, -0.25) is 0 Å². The first-order valence-corrected chi connectivity index (χ1v) is 6.87. The number of esters is 1. The third-order valence-electron chi connectivity index (χ3n) is 2.13. The van der Waals surface area contributed by atoms with Gasteiger partial charge < -0.3 is 4.74 Å². The first kappa shape index (κ1) is 13.0. The molecule has 0 saturated heterocycles. The summed E-state index contributed by atoms with van der Waals surface area (Å²) >= 11 is 0. The minimum Gasteiger partial charge on any atom is -0.465 e. The van der Waals surface area contributed by atoms with E-state index in [1.807, 2.05) is 0 Å². The van der Waals surface area contributed by atoms with Gasteiger partial charge in [-0.2, -0.15) is 0 Å². The van der Waals surface area contributed by atoms with E-state index >= 15 is 0 Å². The molecule has 4 nitrogen and oxygen atoms in total. The largest absolute Gasteiger partial charge is 0.465 e. The molecule has 6 heteroatoms. The number of methoxy groups -OCH3 is 1. The molecule has 0 unspecified atom stereocenters. The quantitative estimate of drug-likeness (QED) is 0.617. The predicted octanol–water partition coefficient (Wildman–Crippen LogP) is 1.96. The molecule has 0 saturated carbocycles. The van der Waals surface area contributed by atoms with Crippen LogP contribution in [0.1, 0.15) is 22.8 Å². The van der Waals surface area contributed by atoms with Crippen molar-refractivity contribution < 1.29 is 17.9 Å². The third-order valence-corrected chi connectivity index (χ3v) is 3.54. The Hall–Kier alpha value is -1.07. The highest BCUT2D eigenvalue weighted by molar-refractivity contribution is 8.13. The molecule has 0 aliphatic carbocycles. The maximum absolute atomic E-state index is 11.3. The number of aryl methyl sites for hydroxylation is 1. The summed E-state index contributed by atoms with van der Waals surface area (Å²) in [4.78, 5) is 11.2. The van der Waals surface area contributed by atoms with Gasteiger partial charge in [0, 0.05) is 10.7 Å². The molecule has 1 aromatic rings. The van der Waals surface area contributed by atoms with Crippen molar-refractivity contribution in [3.63, 3.8) is 0 Å². The number of ether oxygens (including phenoxy) is 1. The maximum atomic E-state index is 11.3. The van der Waals surface area contributed by atoms with Gasteiger partial charge in [-0.25, -0.2) is 13.2 Å². The van der Waals surface area contributed by atoms with Crippen LogP contribution in [0, 0.1) is 0 Å². The predicted molar refractivity (Wildman–Crippen MR) is 60.2 cm³/mol. The number of carbonyl (C=O) groups excluding carboxylic acids is 1. The Morgan fingerprint density at radius 3 is 2.50 bits per heavy atom. The lowest BCUT2D eigenvalue weighted by atomic mass is 10.1. The van der Waals surface area contributed by atoms with Crippen molar-refractivity contribution in [3.8, 4) is 0 Å². The van der Waals surface area contributed by atoms with Crippen LogP contribution in [-0.2, 0) is 20.2 Å². The zero-order valence-electron chi connectivity index (χ0n) is 8.86. The molecule has 0 aliphatic heterocycles. The number of carbonyl (C=O) groups is 1. The number of rotatable bonds is 3. The van der Waals surface area contributed by atoms with E-state index in [9.17, 15) is 13.2 Å². The lowest BCUT2D eigenvalue weighted by Gasteiger charge is -2.06. The second-order valence-electron chi connectivity index (χ2n) is 3.11. The molecule has 0 spiro atoms. The Kier molecular flexibility index (Phi) is 3.93. The topological polar surface area (TPSA) is 60.4 Å². The van der Waals surface area contributed by atoms with Gasteiger partial charge in [0.25, 0.3) is 9.05 Å². The van der Waals surface area contributed by atoms with Crippen LogP contribution in [0.3, 0.4) is 0 Å². The zero-order valence-corrected chi connectivity index (χ0v) is 10.4. The number of benzene rings is 1. The second-order valence-corrected chi connectivity index (χ2v) is 5.64. The Bertz CT molecular complexity index is 508. The van der Waals surface area contributed by atoms with Crippen molar-refractivity contribution in [1.82, 2.24) is 0 Å². The minimum atomic E-state index is -3.85. The zero-order chi connectivity index (χ0) is 12.3. The van der Waals surface area contributed by atoms with Gasteiger partial charge in [-0.05, 0) is 24.1 Å². The molecule has 0 bridgehead atoms. The van der Waals surface area contributed by atoms with Gasteiger partial charge in [-0.15, -0.1) is 0 Å². The molecule has 0 heterocycles. The van der Waals surface area contributed by atoms with Gasteiger partial charge in [0.1, 0.15) is 0 Å². The van der Waals surface area contributed by atoms with E-state index in [1.54, 1.807) is 13.0 Å². The van der Waals surface area contributed by atoms with E-state index < -0.39 is 15.0 Å². The molecule has 0 fully saturated rings. The maximum Gasteiger partial charge on any atom is 0.337 e. The summed E-state index contributed by atoms with van der Waals surface area (Å²) in [5.74, 6) is -0.593. The second kappa shape index (κ2) is 4.84. The van der Waals surface area contributed by atoms with Gasteiger partial charge in [0.15, 0.2) is 0 Å². The Balaban J connectivity index is 3.39. The molecule has 88 valence electrons. The van der Waals surface area contributed by atoms with E-state index in [1.165, 1.54) is 19.2 Å². The van der Waals surface area contributed by atoms with E-state index in [0.717, 1.165) is 0 Å². The average molecular weight is 263 g/mol. The van der Waals surface area contributed by atoms with Crippen LogP contribution in [0.2, 0.25) is 0 Å². The lowest BCUT2D eigenvalue weighted by molar-refractivity contribution is 0.0600. The fraction of sp³-hybridized carbons (Fsp3) is 0.300. The molecule has 16 heavy (non-hydrogen) atoms. The van der Waals surface area contributed by atoms with Crippen molar-refractivity contribution in [2.75, 3.05) is 7.11 Å². The Morgan fingerprint density at radius 2 is 2.06 bits per heavy atom. The summed E-state index contributed by atoms with van der Waals surface area (Å²) in [5, 5.41) is 0. The summed E-state index contributed by atoms with van der Waals surface area (Å²) in [5.41, 5.74) is 0.738. The smallest absolute Gasteiger partial charge is 0.337 e. The van der Waals surface area contributed by atoms with E-state index in [4.69, 9.17) is 10.7 Å². The molecule has 0 aliphatic rings. The van der Waals surface area contributed by atoms with Crippen LogP contribution in [0.15, 0.2) is 23.1 Å². The molecular formula is C10H11ClO4S. The van der Waals surface area contributed by atoms with Gasteiger partial charge in [-0.1, -0.05) is 13.0 Å². The van der Waals surface area contributed by atoms with Crippen molar-refractivity contribution in [1.29, 1.82) is 0 Å². The molecule has 0 aromatic heterocycles. The standard InChI is InChI=1S/C10H11ClO4S/c1-3-7-4-5-8(10(12)15-2)6-9(7)16(11,13)14/h4-6H,3H2,1-2H3. The summed E-state index contributed by atoms with van der Waals surface area (Å²) in [6.07, 6.45) is 0.517. The highest BCUT2D eigenvalue weighted by Crippen LogP contribution is 2.22. The summed E-state index contributed by atoms with van der Waals surface area (Å²) in [6.45, 7) is 1.80. The minimum absolute atomic E-state index is 0.0421. The molecule has 1 rings (SSSR count). The lowest BCUT2D eigenvalue weighted by Crippen LogP contribution is -2.05. The van der Waals surface area contributed by atoms with Gasteiger partial charge >= 0.3 is 5.97 Å². The number of hydrogen-bond acceptors (Lipinski definition) is 4. The summed E-state index contributed by atoms with van der Waals surface area (Å²) in [6, 6.07) is 4.30. The Morgan fingerprint density at radius 1 is 1.44 bits per heavy atom. The van der Waals surface area contributed by atoms with Crippen LogP contribution in [0.4, 0.5) is 0 Å².